The number of ether oxygens (including phenoxy) is 1. The molecule has 7 nitrogen and oxygen atoms in total. The fourth-order valence-electron chi connectivity index (χ4n) is 3.38. The van der Waals surface area contributed by atoms with Gasteiger partial charge in [-0.15, -0.1) is 0 Å². The zero-order chi connectivity index (χ0) is 22.5. The lowest BCUT2D eigenvalue weighted by molar-refractivity contribution is 0.102. The summed E-state index contributed by atoms with van der Waals surface area (Å²) in [7, 11) is 0. The summed E-state index contributed by atoms with van der Waals surface area (Å²) in [5.41, 5.74) is 1.54. The number of benzene rings is 2. The van der Waals surface area contributed by atoms with Gasteiger partial charge in [-0.25, -0.2) is 4.68 Å². The van der Waals surface area contributed by atoms with E-state index in [-0.39, 0.29) is 23.1 Å². The van der Waals surface area contributed by atoms with Gasteiger partial charge in [0.2, 0.25) is 0 Å². The Hall–Kier alpha value is -4.00. The van der Waals surface area contributed by atoms with Gasteiger partial charge in [-0.05, 0) is 30.2 Å². The first-order chi connectivity index (χ1) is 15.5. The molecule has 0 saturated carbocycles. The molecule has 0 spiro atoms. The number of pyridine rings is 1. The number of rotatable bonds is 7. The Morgan fingerprint density at radius 1 is 1.06 bits per heavy atom. The number of nitrogens with one attached hydrogen (secondary N) is 1. The lowest BCUT2D eigenvalue weighted by atomic mass is 10.1. The first-order valence-electron chi connectivity index (χ1n) is 10.4. The molecular formula is C25H24N4O3. The summed E-state index contributed by atoms with van der Waals surface area (Å²) in [6.07, 6.45) is 3.45. The van der Waals surface area contributed by atoms with Crippen molar-refractivity contribution in [2.75, 3.05) is 5.32 Å². The number of carbonyl (C=O) groups excluding carboxylic acids is 1. The second kappa shape index (κ2) is 9.43. The highest BCUT2D eigenvalue weighted by Gasteiger charge is 2.17. The van der Waals surface area contributed by atoms with Gasteiger partial charge >= 0.3 is 0 Å². The van der Waals surface area contributed by atoms with Crippen LogP contribution in [0.3, 0.4) is 0 Å². The lowest BCUT2D eigenvalue weighted by Crippen LogP contribution is -2.29. The second-order valence-electron chi connectivity index (χ2n) is 7.91. The zero-order valence-corrected chi connectivity index (χ0v) is 18.0. The zero-order valence-electron chi connectivity index (χ0n) is 18.0. The van der Waals surface area contributed by atoms with Gasteiger partial charge < -0.3 is 10.1 Å². The number of hydrogen-bond donors (Lipinski definition) is 1. The van der Waals surface area contributed by atoms with Crippen LogP contribution in [0.5, 0.6) is 5.75 Å². The van der Waals surface area contributed by atoms with E-state index >= 15 is 0 Å². The van der Waals surface area contributed by atoms with Gasteiger partial charge in [0.05, 0.1) is 5.39 Å². The molecule has 2 heterocycles. The quantitative estimate of drug-likeness (QED) is 0.475. The molecule has 0 radical (unpaired) electrons. The van der Waals surface area contributed by atoms with Crippen LogP contribution in [-0.4, -0.2) is 20.7 Å². The van der Waals surface area contributed by atoms with Crippen molar-refractivity contribution in [3.63, 3.8) is 0 Å². The van der Waals surface area contributed by atoms with Crippen molar-refractivity contribution >= 4 is 22.4 Å². The summed E-state index contributed by atoms with van der Waals surface area (Å²) in [5, 5.41) is 8.27. The molecule has 7 heteroatoms. The molecule has 2 aromatic carbocycles. The van der Waals surface area contributed by atoms with Crippen LogP contribution < -0.4 is 15.6 Å². The Balaban J connectivity index is 1.59. The molecule has 162 valence electrons. The van der Waals surface area contributed by atoms with Gasteiger partial charge in [0.15, 0.2) is 5.69 Å². The molecule has 0 atom stereocenters. The second-order valence-corrected chi connectivity index (χ2v) is 7.91. The Morgan fingerprint density at radius 2 is 1.88 bits per heavy atom. The maximum atomic E-state index is 13.1. The fourth-order valence-corrected chi connectivity index (χ4v) is 3.38. The number of carbonyl (C=O) groups is 1. The summed E-state index contributed by atoms with van der Waals surface area (Å²) in [6, 6.07) is 18.0. The third kappa shape index (κ3) is 4.83. The average Bonchev–Trinajstić information content (AvgIpc) is 2.80. The van der Waals surface area contributed by atoms with Crippen LogP contribution in [0.25, 0.3) is 10.8 Å². The molecule has 4 aromatic rings. The minimum absolute atomic E-state index is 0.198. The normalized spacial score (nSPS) is 11.0. The highest BCUT2D eigenvalue weighted by atomic mass is 16.5. The first-order valence-corrected chi connectivity index (χ1v) is 10.4. The van der Waals surface area contributed by atoms with E-state index in [0.29, 0.717) is 35.4 Å². The van der Waals surface area contributed by atoms with E-state index in [9.17, 15) is 9.59 Å². The van der Waals surface area contributed by atoms with Crippen molar-refractivity contribution in [1.82, 2.24) is 14.8 Å². The van der Waals surface area contributed by atoms with Crippen molar-refractivity contribution in [1.29, 1.82) is 0 Å². The van der Waals surface area contributed by atoms with Crippen molar-refractivity contribution in [3.8, 4) is 5.75 Å². The summed E-state index contributed by atoms with van der Waals surface area (Å²) in [4.78, 5) is 30.0. The van der Waals surface area contributed by atoms with Gasteiger partial charge in [0, 0.05) is 41.6 Å². The molecule has 1 N–H and O–H groups in total. The van der Waals surface area contributed by atoms with Crippen LogP contribution in [-0.2, 0) is 13.2 Å². The first kappa shape index (κ1) is 21.2. The van der Waals surface area contributed by atoms with Gasteiger partial charge in [0.25, 0.3) is 11.5 Å². The molecule has 2 aromatic heterocycles. The van der Waals surface area contributed by atoms with Crippen LogP contribution in [0.1, 0.15) is 29.9 Å². The minimum Gasteiger partial charge on any atom is -0.489 e. The molecule has 0 aliphatic rings. The standard InChI is InChI=1S/C25H24N4O3/c1-17(2)15-29-25(31)22-11-4-3-10-21(22)23(28-29)24(30)27-19-8-5-9-20(13-19)32-16-18-7-6-12-26-14-18/h3-14,17H,15-16H2,1-2H3,(H,27,30). The van der Waals surface area contributed by atoms with Gasteiger partial charge in [-0.3, -0.25) is 14.6 Å². The van der Waals surface area contributed by atoms with Crippen LogP contribution in [0.4, 0.5) is 5.69 Å². The highest BCUT2D eigenvalue weighted by molar-refractivity contribution is 6.11. The molecule has 1 amide bonds. The predicted molar refractivity (Wildman–Crippen MR) is 124 cm³/mol. The van der Waals surface area contributed by atoms with E-state index in [4.69, 9.17) is 4.74 Å². The molecule has 0 saturated heterocycles. The monoisotopic (exact) mass is 428 g/mol. The minimum atomic E-state index is -0.386. The molecule has 0 fully saturated rings. The van der Waals surface area contributed by atoms with Gasteiger partial charge in [0.1, 0.15) is 12.4 Å². The fraction of sp³-hybridized carbons (Fsp3) is 0.200. The molecule has 0 aliphatic carbocycles. The van der Waals surface area contributed by atoms with E-state index in [1.54, 1.807) is 54.9 Å². The summed E-state index contributed by atoms with van der Waals surface area (Å²) < 4.78 is 7.19. The third-order valence-corrected chi connectivity index (χ3v) is 4.84. The van der Waals surface area contributed by atoms with E-state index in [1.165, 1.54) is 4.68 Å². The number of nitrogens with zero attached hydrogens (tertiary/aromatic N) is 3. The number of hydrogen-bond acceptors (Lipinski definition) is 5. The number of anilines is 1. The number of fused-ring (bicyclic) bond motifs is 1. The maximum Gasteiger partial charge on any atom is 0.276 e. The molecule has 0 aliphatic heterocycles. The van der Waals surface area contributed by atoms with Crippen molar-refractivity contribution < 1.29 is 9.53 Å². The van der Waals surface area contributed by atoms with Crippen LogP contribution in [0, 0.1) is 5.92 Å². The Kier molecular flexibility index (Phi) is 6.26. The summed E-state index contributed by atoms with van der Waals surface area (Å²) in [5.74, 6) is 0.447. The number of aromatic nitrogens is 3. The van der Waals surface area contributed by atoms with Crippen LogP contribution in [0.15, 0.2) is 77.9 Å². The van der Waals surface area contributed by atoms with E-state index < -0.39 is 0 Å². The van der Waals surface area contributed by atoms with E-state index in [1.807, 2.05) is 32.0 Å². The molecule has 0 unspecified atom stereocenters. The maximum absolute atomic E-state index is 13.1. The Morgan fingerprint density at radius 3 is 2.62 bits per heavy atom. The summed E-state index contributed by atoms with van der Waals surface area (Å²) >= 11 is 0. The average molecular weight is 428 g/mol. The molecular weight excluding hydrogens is 404 g/mol. The smallest absolute Gasteiger partial charge is 0.276 e. The topological polar surface area (TPSA) is 86.1 Å². The number of amides is 1. The largest absolute Gasteiger partial charge is 0.489 e. The van der Waals surface area contributed by atoms with E-state index in [0.717, 1.165) is 5.56 Å². The van der Waals surface area contributed by atoms with Gasteiger partial charge in [-0.1, -0.05) is 44.2 Å². The molecule has 32 heavy (non-hydrogen) atoms. The van der Waals surface area contributed by atoms with Gasteiger partial charge in [-0.2, -0.15) is 5.10 Å². The highest BCUT2D eigenvalue weighted by Crippen LogP contribution is 2.20. The van der Waals surface area contributed by atoms with Crippen molar-refractivity contribution in [2.24, 2.45) is 5.92 Å². The van der Waals surface area contributed by atoms with Crippen LogP contribution >= 0.6 is 0 Å². The van der Waals surface area contributed by atoms with E-state index in [2.05, 4.69) is 15.4 Å². The Labute approximate surface area is 185 Å². The van der Waals surface area contributed by atoms with Crippen molar-refractivity contribution in [3.05, 3.63) is 94.7 Å². The SMILES string of the molecule is CC(C)Cn1nc(C(=O)Nc2cccc(OCc3cccnc3)c2)c2ccccc2c1=O. The predicted octanol–water partition coefficient (Wildman–Crippen LogP) is 4.28. The Bertz CT molecular complexity index is 1300. The van der Waals surface area contributed by atoms with Crippen LogP contribution in [0.2, 0.25) is 0 Å². The molecule has 4 rings (SSSR count). The molecule has 0 bridgehead atoms. The third-order valence-electron chi connectivity index (χ3n) is 4.84. The van der Waals surface area contributed by atoms with Crippen molar-refractivity contribution in [2.45, 2.75) is 27.0 Å². The summed E-state index contributed by atoms with van der Waals surface area (Å²) in [6.45, 7) is 4.80. The lowest BCUT2D eigenvalue weighted by Gasteiger charge is -2.13.